The van der Waals surface area contributed by atoms with Crippen molar-refractivity contribution in [2.75, 3.05) is 27.4 Å². The van der Waals surface area contributed by atoms with Gasteiger partial charge in [-0.25, -0.2) is 4.98 Å². The molecule has 0 atom stereocenters. The quantitative estimate of drug-likeness (QED) is 0.445. The molecule has 3 aromatic rings. The van der Waals surface area contributed by atoms with Crippen LogP contribution in [0.2, 0.25) is 10.0 Å². The highest BCUT2D eigenvalue weighted by atomic mass is 35.5. The van der Waals surface area contributed by atoms with Crippen LogP contribution in [0.4, 0.5) is 0 Å². The Hall–Kier alpha value is -2.32. The molecule has 158 valence electrons. The number of ether oxygens (including phenoxy) is 3. The van der Waals surface area contributed by atoms with E-state index in [0.29, 0.717) is 52.0 Å². The predicted molar refractivity (Wildman–Crippen MR) is 119 cm³/mol. The van der Waals surface area contributed by atoms with E-state index in [9.17, 15) is 4.79 Å². The fourth-order valence-electron chi connectivity index (χ4n) is 2.58. The summed E-state index contributed by atoms with van der Waals surface area (Å²) in [5, 5.41) is 6.16. The van der Waals surface area contributed by atoms with Gasteiger partial charge in [0, 0.05) is 24.6 Å². The van der Waals surface area contributed by atoms with Crippen LogP contribution in [-0.2, 0) is 11.3 Å². The van der Waals surface area contributed by atoms with Crippen LogP contribution in [-0.4, -0.2) is 38.3 Å². The molecular formula is C21H20Cl2N2O4S. The molecule has 0 fully saturated rings. The number of carbonyl (C=O) groups excluding carboxylic acids is 1. The molecule has 0 radical (unpaired) electrons. The predicted octanol–water partition coefficient (Wildman–Crippen LogP) is 5.08. The van der Waals surface area contributed by atoms with E-state index in [4.69, 9.17) is 37.4 Å². The van der Waals surface area contributed by atoms with E-state index in [-0.39, 0.29) is 5.91 Å². The van der Waals surface area contributed by atoms with Crippen molar-refractivity contribution in [1.82, 2.24) is 10.3 Å². The second-order valence-electron chi connectivity index (χ2n) is 6.19. The first kappa shape index (κ1) is 22.4. The lowest BCUT2D eigenvalue weighted by Crippen LogP contribution is -2.27. The Morgan fingerprint density at radius 2 is 1.93 bits per heavy atom. The van der Waals surface area contributed by atoms with Crippen LogP contribution in [0.15, 0.2) is 41.8 Å². The fourth-order valence-corrected chi connectivity index (χ4v) is 3.70. The second-order valence-corrected chi connectivity index (χ2v) is 7.86. The van der Waals surface area contributed by atoms with Gasteiger partial charge in [-0.05, 0) is 35.9 Å². The lowest BCUT2D eigenvalue weighted by molar-refractivity contribution is 0.0933. The molecule has 0 saturated heterocycles. The third-order valence-corrected chi connectivity index (χ3v) is 5.75. The van der Waals surface area contributed by atoms with E-state index in [0.717, 1.165) is 11.1 Å². The van der Waals surface area contributed by atoms with Gasteiger partial charge >= 0.3 is 0 Å². The molecular weight excluding hydrogens is 447 g/mol. The number of thiazole rings is 1. The minimum Gasteiger partial charge on any atom is -0.493 e. The molecule has 1 aromatic heterocycles. The first-order valence-corrected chi connectivity index (χ1v) is 10.6. The zero-order chi connectivity index (χ0) is 21.5. The van der Waals surface area contributed by atoms with Crippen LogP contribution in [0.25, 0.3) is 10.6 Å². The summed E-state index contributed by atoms with van der Waals surface area (Å²) in [5.41, 5.74) is 2.08. The summed E-state index contributed by atoms with van der Waals surface area (Å²) in [4.78, 5) is 16.5. The molecule has 0 spiro atoms. The molecule has 0 unspecified atom stereocenters. The van der Waals surface area contributed by atoms with Crippen molar-refractivity contribution in [2.24, 2.45) is 0 Å². The first-order valence-electron chi connectivity index (χ1n) is 8.99. The maximum absolute atomic E-state index is 12.1. The third kappa shape index (κ3) is 5.64. The summed E-state index contributed by atoms with van der Waals surface area (Å²) in [6, 6.07) is 10.9. The van der Waals surface area contributed by atoms with Crippen molar-refractivity contribution in [3.8, 4) is 22.1 Å². The smallest absolute Gasteiger partial charge is 0.270 e. The Morgan fingerprint density at radius 3 is 2.67 bits per heavy atom. The molecule has 1 amide bonds. The highest BCUT2D eigenvalue weighted by Crippen LogP contribution is 2.34. The lowest BCUT2D eigenvalue weighted by Gasteiger charge is -2.12. The number of nitrogens with one attached hydrogen (secondary N) is 1. The number of methoxy groups -OCH3 is 2. The second kappa shape index (κ2) is 10.6. The lowest BCUT2D eigenvalue weighted by atomic mass is 10.2. The standard InChI is InChI=1S/C21H20Cl2N2O4S/c1-27-8-7-24-20(26)17-12-30-21(25-17)14-4-6-18(19(10-14)28-2)29-11-13-3-5-15(22)16(23)9-13/h3-6,9-10,12H,7-8,11H2,1-2H3,(H,24,26). The van der Waals surface area contributed by atoms with E-state index in [1.54, 1.807) is 31.7 Å². The van der Waals surface area contributed by atoms with Gasteiger partial charge in [0.1, 0.15) is 17.3 Å². The van der Waals surface area contributed by atoms with Gasteiger partial charge < -0.3 is 19.5 Å². The minimum atomic E-state index is -0.233. The van der Waals surface area contributed by atoms with Gasteiger partial charge in [0.05, 0.1) is 23.8 Å². The Kier molecular flexibility index (Phi) is 7.93. The molecule has 30 heavy (non-hydrogen) atoms. The first-order chi connectivity index (χ1) is 14.5. The topological polar surface area (TPSA) is 69.7 Å². The van der Waals surface area contributed by atoms with E-state index < -0.39 is 0 Å². The van der Waals surface area contributed by atoms with Gasteiger partial charge in [0.25, 0.3) is 5.91 Å². The minimum absolute atomic E-state index is 0.233. The highest BCUT2D eigenvalue weighted by Gasteiger charge is 2.14. The average molecular weight is 467 g/mol. The summed E-state index contributed by atoms with van der Waals surface area (Å²) in [5.74, 6) is 0.915. The number of nitrogens with zero attached hydrogens (tertiary/aromatic N) is 1. The van der Waals surface area contributed by atoms with Crippen LogP contribution in [0.3, 0.4) is 0 Å². The average Bonchev–Trinajstić information content (AvgIpc) is 3.25. The molecule has 1 N–H and O–H groups in total. The van der Waals surface area contributed by atoms with Crippen molar-refractivity contribution in [1.29, 1.82) is 0 Å². The molecule has 0 aliphatic carbocycles. The van der Waals surface area contributed by atoms with E-state index >= 15 is 0 Å². The largest absolute Gasteiger partial charge is 0.493 e. The van der Waals surface area contributed by atoms with Gasteiger partial charge in [-0.1, -0.05) is 29.3 Å². The normalized spacial score (nSPS) is 10.7. The van der Waals surface area contributed by atoms with E-state index in [2.05, 4.69) is 10.3 Å². The molecule has 2 aromatic carbocycles. The van der Waals surface area contributed by atoms with Crippen molar-refractivity contribution in [3.05, 3.63) is 63.1 Å². The number of hydrogen-bond acceptors (Lipinski definition) is 6. The van der Waals surface area contributed by atoms with Gasteiger partial charge in [-0.3, -0.25) is 4.79 Å². The zero-order valence-electron chi connectivity index (χ0n) is 16.4. The Bertz CT molecular complexity index is 1030. The van der Waals surface area contributed by atoms with Gasteiger partial charge in [-0.15, -0.1) is 11.3 Å². The number of carbonyl (C=O) groups is 1. The monoisotopic (exact) mass is 466 g/mol. The highest BCUT2D eigenvalue weighted by molar-refractivity contribution is 7.13. The molecule has 0 bridgehead atoms. The van der Waals surface area contributed by atoms with Gasteiger partial charge in [0.15, 0.2) is 11.5 Å². The number of aromatic nitrogens is 1. The summed E-state index contributed by atoms with van der Waals surface area (Å²) >= 11 is 13.4. The van der Waals surface area contributed by atoms with Gasteiger partial charge in [0.2, 0.25) is 0 Å². The van der Waals surface area contributed by atoms with Crippen molar-refractivity contribution in [2.45, 2.75) is 6.61 Å². The van der Waals surface area contributed by atoms with Crippen molar-refractivity contribution >= 4 is 40.4 Å². The number of benzene rings is 2. The Morgan fingerprint density at radius 1 is 1.10 bits per heavy atom. The van der Waals surface area contributed by atoms with Crippen molar-refractivity contribution in [3.63, 3.8) is 0 Å². The summed E-state index contributed by atoms with van der Waals surface area (Å²) in [6.07, 6.45) is 0. The van der Waals surface area contributed by atoms with Crippen LogP contribution >= 0.6 is 34.5 Å². The van der Waals surface area contributed by atoms with Crippen LogP contribution in [0.1, 0.15) is 16.1 Å². The Balaban J connectivity index is 1.71. The van der Waals surface area contributed by atoms with E-state index in [1.807, 2.05) is 24.3 Å². The van der Waals surface area contributed by atoms with Crippen LogP contribution < -0.4 is 14.8 Å². The third-order valence-electron chi connectivity index (χ3n) is 4.12. The summed E-state index contributed by atoms with van der Waals surface area (Å²) < 4.78 is 16.3. The van der Waals surface area contributed by atoms with E-state index in [1.165, 1.54) is 11.3 Å². The molecule has 9 heteroatoms. The van der Waals surface area contributed by atoms with Crippen molar-refractivity contribution < 1.29 is 19.0 Å². The molecule has 0 aliphatic heterocycles. The molecule has 1 heterocycles. The van der Waals surface area contributed by atoms with Crippen LogP contribution in [0, 0.1) is 0 Å². The number of rotatable bonds is 9. The molecule has 0 aliphatic rings. The van der Waals surface area contributed by atoms with Crippen LogP contribution in [0.5, 0.6) is 11.5 Å². The van der Waals surface area contributed by atoms with Gasteiger partial charge in [-0.2, -0.15) is 0 Å². The maximum atomic E-state index is 12.1. The summed E-state index contributed by atoms with van der Waals surface area (Å²) in [7, 11) is 3.15. The number of halogens is 2. The number of amides is 1. The number of hydrogen-bond donors (Lipinski definition) is 1. The SMILES string of the molecule is COCCNC(=O)c1csc(-c2ccc(OCc3ccc(Cl)c(Cl)c3)c(OC)c2)n1. The molecule has 3 rings (SSSR count). The summed E-state index contributed by atoms with van der Waals surface area (Å²) in [6.45, 7) is 1.19. The zero-order valence-corrected chi connectivity index (χ0v) is 18.7. The Labute approximate surface area is 188 Å². The molecule has 6 nitrogen and oxygen atoms in total. The fraction of sp³-hybridized carbons (Fsp3) is 0.238. The molecule has 0 saturated carbocycles. The maximum Gasteiger partial charge on any atom is 0.270 e.